The number of nitrogens with two attached hydrogens (primary N) is 1. The second kappa shape index (κ2) is 35.4. The lowest BCUT2D eigenvalue weighted by Crippen LogP contribution is -2.59. The van der Waals surface area contributed by atoms with Crippen LogP contribution in [0.3, 0.4) is 0 Å². The van der Waals surface area contributed by atoms with Crippen LogP contribution < -0.4 is 27.0 Å². The summed E-state index contributed by atoms with van der Waals surface area (Å²) in [6.45, 7) is 14.9. The number of H-pyrrole nitrogens is 1. The minimum absolute atomic E-state index is 0.00872. The van der Waals surface area contributed by atoms with Gasteiger partial charge in [0.1, 0.15) is 24.2 Å². The molecule has 0 bridgehead atoms. The summed E-state index contributed by atoms with van der Waals surface area (Å²) < 4.78 is 55.0. The number of aromatic amines is 1. The van der Waals surface area contributed by atoms with Crippen molar-refractivity contribution in [1.82, 2.24) is 36.1 Å². The van der Waals surface area contributed by atoms with Gasteiger partial charge in [0.25, 0.3) is 0 Å². The van der Waals surface area contributed by atoms with Crippen molar-refractivity contribution >= 4 is 37.1 Å². The largest absolute Gasteiger partial charge is 0.382 e. The topological polar surface area (TPSA) is 323 Å². The second-order valence-electron chi connectivity index (χ2n) is 16.8. The van der Waals surface area contributed by atoms with Crippen molar-refractivity contribution in [3.8, 4) is 0 Å². The molecule has 68 heavy (non-hydrogen) atoms. The Hall–Kier alpha value is -3.65. The smallest absolute Gasteiger partial charge is 0.325 e. The third-order valence-corrected chi connectivity index (χ3v) is 11.5. The third kappa shape index (κ3) is 27.5. The number of likely N-dealkylation sites (tertiary alicyclic amines) is 1. The lowest BCUT2D eigenvalue weighted by molar-refractivity contribution is -0.135. The van der Waals surface area contributed by atoms with Crippen LogP contribution in [0.2, 0.25) is 0 Å². The Morgan fingerprint density at radius 1 is 0.750 bits per heavy atom. The highest BCUT2D eigenvalue weighted by atomic mass is 31.2. The number of hydrogen-bond acceptors (Lipinski definition) is 16. The number of nitrogens with one attached hydrogen (secondary N) is 5. The number of methoxy groups -OCH3 is 1. The number of ether oxygens (including phenoxy) is 8. The molecule has 0 aliphatic carbocycles. The van der Waals surface area contributed by atoms with E-state index in [4.69, 9.17) is 43.6 Å². The molecule has 24 nitrogen and oxygen atoms in total. The van der Waals surface area contributed by atoms with Gasteiger partial charge < -0.3 is 79.7 Å². The van der Waals surface area contributed by atoms with Gasteiger partial charge in [0.2, 0.25) is 29.5 Å². The van der Waals surface area contributed by atoms with Crippen LogP contribution in [0.25, 0.3) is 0 Å². The first-order valence-corrected chi connectivity index (χ1v) is 25.1. The van der Waals surface area contributed by atoms with Gasteiger partial charge >= 0.3 is 7.60 Å². The molecule has 1 aliphatic heterocycles. The predicted octanol–water partition coefficient (Wildman–Crippen LogP) is -1.13. The Kier molecular flexibility index (Phi) is 31.5. The fraction of sp³-hybridized carbons (Fsp3) is 0.814. The molecule has 2 heterocycles. The summed E-state index contributed by atoms with van der Waals surface area (Å²) in [6, 6.07) is -5.36. The van der Waals surface area contributed by atoms with Crippen molar-refractivity contribution in [3.05, 3.63) is 18.2 Å². The molecule has 6 unspecified atom stereocenters. The summed E-state index contributed by atoms with van der Waals surface area (Å²) in [7, 11) is -2.91. The molecule has 0 saturated carbocycles. The van der Waals surface area contributed by atoms with Gasteiger partial charge in [0.15, 0.2) is 0 Å². The van der Waals surface area contributed by atoms with Gasteiger partial charge in [-0.05, 0) is 51.0 Å². The minimum Gasteiger partial charge on any atom is -0.382 e. The Morgan fingerprint density at radius 2 is 1.26 bits per heavy atom. The number of rotatable bonds is 41. The van der Waals surface area contributed by atoms with Crippen LogP contribution >= 0.6 is 7.60 Å². The third-order valence-electron chi connectivity index (χ3n) is 10.5. The number of primary amides is 1. The molecular formula is C43H79N8O16P. The maximum absolute atomic E-state index is 13.9. The predicted molar refractivity (Wildman–Crippen MR) is 247 cm³/mol. The number of imidazole rings is 1. The summed E-state index contributed by atoms with van der Waals surface area (Å²) >= 11 is 0. The van der Waals surface area contributed by atoms with Gasteiger partial charge in [-0.25, -0.2) is 4.98 Å². The first-order valence-electron chi connectivity index (χ1n) is 23.3. The normalized spacial score (nSPS) is 16.5. The fourth-order valence-corrected chi connectivity index (χ4v) is 7.99. The van der Waals surface area contributed by atoms with E-state index in [-0.39, 0.29) is 24.7 Å². The lowest BCUT2D eigenvalue weighted by atomic mass is 10.0. The van der Waals surface area contributed by atoms with E-state index < -0.39 is 73.5 Å². The summed E-state index contributed by atoms with van der Waals surface area (Å²) in [6.07, 6.45) is 4.51. The van der Waals surface area contributed by atoms with Crippen molar-refractivity contribution in [1.29, 1.82) is 0 Å². The maximum atomic E-state index is 13.9. The second-order valence-corrected chi connectivity index (χ2v) is 18.5. The molecule has 0 spiro atoms. The van der Waals surface area contributed by atoms with E-state index in [1.165, 1.54) is 26.4 Å². The maximum Gasteiger partial charge on any atom is 0.325 e. The Labute approximate surface area is 400 Å². The first kappa shape index (κ1) is 60.5. The molecule has 1 aromatic rings. The average molecular weight is 995 g/mol. The summed E-state index contributed by atoms with van der Waals surface area (Å²) in [5.74, 6) is -4.54. The average Bonchev–Trinajstić information content (AvgIpc) is 3.98. The molecule has 25 heteroatoms. The van der Waals surface area contributed by atoms with Crippen molar-refractivity contribution in [2.24, 2.45) is 17.6 Å². The molecule has 2 rings (SSSR count). The van der Waals surface area contributed by atoms with E-state index in [0.29, 0.717) is 131 Å². The van der Waals surface area contributed by atoms with E-state index in [2.05, 4.69) is 36.1 Å². The number of carbonyl (C=O) groups excluding carboxylic acids is 5. The van der Waals surface area contributed by atoms with E-state index in [1.807, 2.05) is 13.8 Å². The SMILES string of the molecule is COCCOCCOCCOCCOCCOCCOCCOCCCN1CCCC1C(=O)NC(CC(C)C)C(=O)NC(Cc1cnc[nH]1)C(=O)NC(C)C(=O)NC(C(N)=O)C(C)CP(=O)(O)O. The zero-order valence-electron chi connectivity index (χ0n) is 40.5. The van der Waals surface area contributed by atoms with Crippen LogP contribution in [0.5, 0.6) is 0 Å². The van der Waals surface area contributed by atoms with Gasteiger partial charge in [0.05, 0.1) is 111 Å². The van der Waals surface area contributed by atoms with Crippen LogP contribution in [0.4, 0.5) is 0 Å². The summed E-state index contributed by atoms with van der Waals surface area (Å²) in [5, 5.41) is 10.5. The molecular weight excluding hydrogens is 915 g/mol. The molecule has 392 valence electrons. The van der Waals surface area contributed by atoms with Gasteiger partial charge in [-0.3, -0.25) is 33.4 Å². The highest BCUT2D eigenvalue weighted by molar-refractivity contribution is 7.51. The number of hydrogen-bond donors (Lipinski definition) is 8. The lowest BCUT2D eigenvalue weighted by Gasteiger charge is -2.28. The highest BCUT2D eigenvalue weighted by Crippen LogP contribution is 2.37. The molecule has 1 aromatic heterocycles. The summed E-state index contributed by atoms with van der Waals surface area (Å²) in [5.41, 5.74) is 5.91. The van der Waals surface area contributed by atoms with Crippen LogP contribution in [0.15, 0.2) is 12.5 Å². The number of amides is 5. The van der Waals surface area contributed by atoms with Gasteiger partial charge in [0, 0.05) is 38.6 Å². The van der Waals surface area contributed by atoms with E-state index in [1.54, 1.807) is 7.11 Å². The van der Waals surface area contributed by atoms with Crippen molar-refractivity contribution in [2.75, 3.05) is 125 Å². The molecule has 6 atom stereocenters. The number of carbonyl (C=O) groups is 5. The van der Waals surface area contributed by atoms with E-state index >= 15 is 0 Å². The number of nitrogens with zero attached hydrogens (tertiary/aromatic N) is 2. The van der Waals surface area contributed by atoms with Gasteiger partial charge in [-0.1, -0.05) is 20.8 Å². The number of aromatic nitrogens is 2. The minimum atomic E-state index is -4.54. The van der Waals surface area contributed by atoms with Crippen LogP contribution in [0.1, 0.15) is 59.1 Å². The fourth-order valence-electron chi connectivity index (χ4n) is 7.03. The molecule has 1 saturated heterocycles. The van der Waals surface area contributed by atoms with Gasteiger partial charge in [-0.15, -0.1) is 0 Å². The Morgan fingerprint density at radius 3 is 1.74 bits per heavy atom. The van der Waals surface area contributed by atoms with Crippen molar-refractivity contribution < 1.29 is 76.2 Å². The van der Waals surface area contributed by atoms with Crippen molar-refractivity contribution in [3.63, 3.8) is 0 Å². The monoisotopic (exact) mass is 995 g/mol. The molecule has 9 N–H and O–H groups in total. The van der Waals surface area contributed by atoms with E-state index in [0.717, 1.165) is 6.42 Å². The molecule has 0 radical (unpaired) electrons. The molecule has 1 fully saturated rings. The molecule has 0 aromatic carbocycles. The molecule has 5 amide bonds. The van der Waals surface area contributed by atoms with Crippen LogP contribution in [-0.2, 0) is 72.9 Å². The van der Waals surface area contributed by atoms with Crippen LogP contribution in [-0.4, -0.2) is 210 Å². The zero-order valence-corrected chi connectivity index (χ0v) is 41.4. The van der Waals surface area contributed by atoms with Crippen LogP contribution in [0, 0.1) is 11.8 Å². The molecule has 1 aliphatic rings. The zero-order chi connectivity index (χ0) is 50.2. The highest BCUT2D eigenvalue weighted by Gasteiger charge is 2.36. The van der Waals surface area contributed by atoms with E-state index in [9.17, 15) is 38.3 Å². The van der Waals surface area contributed by atoms with Crippen molar-refractivity contribution in [2.45, 2.75) is 90.0 Å². The quantitative estimate of drug-likeness (QED) is 0.0284. The Balaban J connectivity index is 1.73. The summed E-state index contributed by atoms with van der Waals surface area (Å²) in [4.78, 5) is 94.0. The first-order chi connectivity index (χ1) is 32.5. The standard InChI is InChI=1S/C43H79N8O16P/c1-31(2)26-35(42(55)48-36(27-34-28-45-30-46-34)41(54)47-33(4)40(53)50-38(39(44)52)32(3)29-68(57,58)59)49-43(56)37-8-6-9-51(37)10-7-11-61-14-15-63-18-19-65-22-23-67-25-24-66-21-20-64-17-16-62-13-12-60-5/h28,30-33,35-38H,6-27,29H2,1-5H3,(H2,44,52)(H,45,46)(H,47,54)(H,48,55)(H,49,56)(H,50,53)(H2,57,58,59). The Bertz CT molecular complexity index is 1610. The van der Waals surface area contributed by atoms with Gasteiger partial charge in [-0.2, -0.15) is 0 Å².